The summed E-state index contributed by atoms with van der Waals surface area (Å²) >= 11 is 0. The van der Waals surface area contributed by atoms with E-state index in [1.165, 1.54) is 24.3 Å². The molecule has 2 fully saturated rings. The molecule has 0 spiro atoms. The summed E-state index contributed by atoms with van der Waals surface area (Å²) in [7, 11) is -5.15. The zero-order valence-electron chi connectivity index (χ0n) is 39.5. The van der Waals surface area contributed by atoms with Crippen LogP contribution in [-0.4, -0.2) is 81.4 Å². The van der Waals surface area contributed by atoms with Crippen molar-refractivity contribution in [3.63, 3.8) is 0 Å². The van der Waals surface area contributed by atoms with Crippen molar-refractivity contribution in [1.82, 2.24) is 4.90 Å². The average Bonchev–Trinajstić information content (AvgIpc) is 3.04. The number of aliphatic hydroxyl groups is 2. The molecule has 2 aliphatic carbocycles. The van der Waals surface area contributed by atoms with E-state index >= 15 is 0 Å². The van der Waals surface area contributed by atoms with Crippen LogP contribution in [0.5, 0.6) is 11.5 Å². The van der Waals surface area contributed by atoms with Gasteiger partial charge in [-0.1, -0.05) is 62.8 Å². The van der Waals surface area contributed by atoms with Crippen molar-refractivity contribution in [3.05, 3.63) is 59.7 Å². The van der Waals surface area contributed by atoms with E-state index in [-0.39, 0.29) is 41.9 Å². The second-order valence-electron chi connectivity index (χ2n) is 11.2. The van der Waals surface area contributed by atoms with Crippen LogP contribution in [0.2, 0.25) is 0 Å². The van der Waals surface area contributed by atoms with Gasteiger partial charge in [-0.3, -0.25) is 0 Å². The van der Waals surface area contributed by atoms with E-state index in [1.54, 1.807) is 24.3 Å². The maximum absolute atomic E-state index is 11.3. The predicted octanol–water partition coefficient (Wildman–Crippen LogP) is 5.08. The molecule has 0 amide bonds. The Kier molecular flexibility index (Phi) is 7.37. The number of methoxy groups -OCH3 is 2. The van der Waals surface area contributed by atoms with E-state index in [0.29, 0.717) is 36.8 Å². The Morgan fingerprint density at radius 2 is 1.27 bits per heavy atom. The van der Waals surface area contributed by atoms with Crippen LogP contribution < -0.4 is 14.4 Å². The summed E-state index contributed by atoms with van der Waals surface area (Å²) in [6, 6.07) is 12.4. The van der Waals surface area contributed by atoms with E-state index < -0.39 is 65.1 Å². The van der Waals surface area contributed by atoms with Gasteiger partial charge >= 0.3 is 0 Å². The van der Waals surface area contributed by atoms with Crippen molar-refractivity contribution < 1.29 is 46.5 Å². The Labute approximate surface area is 277 Å². The lowest BCUT2D eigenvalue weighted by Gasteiger charge is -2.40. The molecule has 2 saturated carbocycles. The molecule has 0 radical (unpaired) electrons. The number of hydrogen-bond acceptors (Lipinski definition) is 5. The van der Waals surface area contributed by atoms with Crippen LogP contribution in [-0.2, 0) is 0 Å². The average molecular weight is 608 g/mol. The number of rotatable bonds is 10. The SMILES string of the molecule is Cl.[2H]C([2H])N(CC(c1ccc(OC([2H])([2H])[2H])cc1)C1(O)CCCCC1)C([2H])([2H])[2H].[2H]C([2H])[NH+](C[C@@H](c1ccc(OC([2H])([2H])[2H])cc1)C1(O)CCCCC1)C([2H])([2H])[2H]. The third-order valence-electron chi connectivity index (χ3n) is 8.34. The van der Waals surface area contributed by atoms with Crippen LogP contribution in [0.15, 0.2) is 48.5 Å². The summed E-state index contributed by atoms with van der Waals surface area (Å²) in [5, 5.41) is 22.6. The highest BCUT2D eigenvalue weighted by molar-refractivity contribution is 5.85. The molecule has 6 nitrogen and oxygen atoms in total. The fourth-order valence-corrected chi connectivity index (χ4v) is 6.18. The highest BCUT2D eigenvalue weighted by atomic mass is 35.5. The van der Waals surface area contributed by atoms with Gasteiger partial charge in [0.15, 0.2) is 0 Å². The molecule has 2 aliphatic rings. The van der Waals surface area contributed by atoms with Crippen molar-refractivity contribution in [1.29, 1.82) is 0 Å². The number of benzene rings is 2. The molecule has 41 heavy (non-hydrogen) atoms. The van der Waals surface area contributed by atoms with Gasteiger partial charge in [-0.05, 0) is 75.1 Å². The number of nitrogens with one attached hydrogen (secondary N) is 1. The van der Waals surface area contributed by atoms with Crippen molar-refractivity contribution in [2.45, 2.75) is 87.2 Å². The standard InChI is InChI=1S/2C17H27NO2.ClH/c2*1-18(2)13-16(17(19)11-5-4-6-12-17)14-7-9-15(20-3)10-8-14;/h2*7-10,16,19H,4-6,11-13H2,1-3H3;1H/p+1/t16-;;/m0../s1/i2*1D2,2D3,3D3;. The van der Waals surface area contributed by atoms with Crippen molar-refractivity contribution in [2.24, 2.45) is 0 Å². The Bertz CT molecular complexity index is 1370. The van der Waals surface area contributed by atoms with Crippen LogP contribution >= 0.6 is 12.4 Å². The van der Waals surface area contributed by atoms with Gasteiger partial charge in [0, 0.05) is 19.3 Å². The molecule has 232 valence electrons. The van der Waals surface area contributed by atoms with Crippen LogP contribution in [0.4, 0.5) is 0 Å². The van der Waals surface area contributed by atoms with Gasteiger partial charge in [0.2, 0.25) is 0 Å². The largest absolute Gasteiger partial charge is 0.497 e. The van der Waals surface area contributed by atoms with Crippen molar-refractivity contribution >= 4 is 12.4 Å². The normalized spacial score (nSPS) is 27.1. The van der Waals surface area contributed by atoms with Gasteiger partial charge in [0.25, 0.3) is 0 Å². The third-order valence-corrected chi connectivity index (χ3v) is 8.34. The number of quaternary nitrogens is 1. The highest BCUT2D eigenvalue weighted by Crippen LogP contribution is 2.41. The van der Waals surface area contributed by atoms with E-state index in [2.05, 4.69) is 0 Å². The molecule has 3 atom stereocenters. The summed E-state index contributed by atoms with van der Waals surface area (Å²) in [6.07, 6.45) is 7.28. The molecule has 2 aromatic carbocycles. The zero-order valence-corrected chi connectivity index (χ0v) is 24.3. The highest BCUT2D eigenvalue weighted by Gasteiger charge is 2.40. The molecule has 0 aliphatic heterocycles. The predicted molar refractivity (Wildman–Crippen MR) is 171 cm³/mol. The van der Waals surface area contributed by atoms with Crippen LogP contribution in [0.25, 0.3) is 0 Å². The summed E-state index contributed by atoms with van der Waals surface area (Å²) < 4.78 is 129. The van der Waals surface area contributed by atoms with Crippen LogP contribution in [0, 0.1) is 0 Å². The fourth-order valence-electron chi connectivity index (χ4n) is 6.18. The molecule has 3 N–H and O–H groups in total. The minimum Gasteiger partial charge on any atom is -0.497 e. The maximum Gasteiger partial charge on any atom is 0.118 e. The molecule has 7 heteroatoms. The number of halogens is 1. The van der Waals surface area contributed by atoms with Gasteiger partial charge in [-0.2, -0.15) is 0 Å². The number of likely N-dealkylation sites (N-methyl/N-ethyl adjacent to an activating group) is 2. The maximum atomic E-state index is 11.3. The van der Waals surface area contributed by atoms with Crippen molar-refractivity contribution in [3.8, 4) is 11.5 Å². The first-order valence-corrected chi connectivity index (χ1v) is 14.0. The van der Waals surface area contributed by atoms with Gasteiger partial charge in [-0.15, -0.1) is 12.4 Å². The molecular formula is C34H56ClN2O4+. The van der Waals surface area contributed by atoms with Crippen molar-refractivity contribution in [2.75, 3.05) is 55.1 Å². The molecule has 4 rings (SSSR count). The van der Waals surface area contributed by atoms with Gasteiger partial charge in [0.1, 0.15) is 11.5 Å². The first kappa shape index (κ1) is 18.1. The topological polar surface area (TPSA) is 66.6 Å². The summed E-state index contributed by atoms with van der Waals surface area (Å²) in [5.41, 5.74) is -1.01. The lowest BCUT2D eigenvalue weighted by atomic mass is 9.72. The minimum absolute atomic E-state index is 0. The second-order valence-corrected chi connectivity index (χ2v) is 11.2. The van der Waals surface area contributed by atoms with E-state index in [4.69, 9.17) is 31.4 Å². The summed E-state index contributed by atoms with van der Waals surface area (Å²) in [5.74, 6) is -0.932. The zero-order chi connectivity index (χ0) is 42.3. The molecule has 0 bridgehead atoms. The third kappa shape index (κ3) is 10.1. The Morgan fingerprint density at radius 3 is 1.68 bits per heavy atom. The smallest absolute Gasteiger partial charge is 0.118 e. The molecule has 0 heterocycles. The second kappa shape index (κ2) is 16.7. The first-order valence-electron chi connectivity index (χ1n) is 22.3. The lowest BCUT2D eigenvalue weighted by molar-refractivity contribution is -0.860. The van der Waals surface area contributed by atoms with Gasteiger partial charge in [-0.25, -0.2) is 0 Å². The summed E-state index contributed by atoms with van der Waals surface area (Å²) in [4.78, 5) is 0.566. The lowest BCUT2D eigenvalue weighted by Crippen LogP contribution is -3.06. The van der Waals surface area contributed by atoms with Crippen LogP contribution in [0.1, 0.15) is 109 Å². The van der Waals surface area contributed by atoms with E-state index in [9.17, 15) is 10.2 Å². The monoisotopic (exact) mass is 607 g/mol. The fraction of sp³-hybridized carbons (Fsp3) is 0.647. The van der Waals surface area contributed by atoms with E-state index in [1.807, 2.05) is 0 Å². The molecule has 2 unspecified atom stereocenters. The first-order chi connectivity index (χ1) is 25.6. The van der Waals surface area contributed by atoms with Crippen LogP contribution in [0.3, 0.4) is 0 Å². The van der Waals surface area contributed by atoms with Gasteiger partial charge in [0.05, 0.1) is 66.8 Å². The Balaban J connectivity index is 0.000000387. The Morgan fingerprint density at radius 1 is 0.780 bits per heavy atom. The molecule has 0 aromatic heterocycles. The van der Waals surface area contributed by atoms with E-state index in [0.717, 1.165) is 43.4 Å². The van der Waals surface area contributed by atoms with Gasteiger partial charge < -0.3 is 29.5 Å². The number of nitrogens with zero attached hydrogens (tertiary/aromatic N) is 1. The summed E-state index contributed by atoms with van der Waals surface area (Å²) in [6.45, 7) is -8.79. The Hall–Kier alpha value is -1.83. The molecular weight excluding hydrogens is 536 g/mol. The minimum atomic E-state index is -2.64. The molecule has 2 aromatic rings. The quantitative estimate of drug-likeness (QED) is 0.352. The number of ether oxygens (including phenoxy) is 2. The molecule has 0 saturated heterocycles. The number of hydrogen-bond donors (Lipinski definition) is 3.